The molecule has 1 aliphatic heterocycles. The van der Waals surface area contributed by atoms with Crippen molar-refractivity contribution in [1.29, 1.82) is 0 Å². The highest BCUT2D eigenvalue weighted by Crippen LogP contribution is 2.36. The second-order valence-corrected chi connectivity index (χ2v) is 8.69. The number of hydrogen-bond donors (Lipinski definition) is 1. The quantitative estimate of drug-likeness (QED) is 0.680. The van der Waals surface area contributed by atoms with Crippen molar-refractivity contribution < 1.29 is 21.6 Å². The molecule has 28 heavy (non-hydrogen) atoms. The van der Waals surface area contributed by atoms with Crippen molar-refractivity contribution in [3.8, 4) is 0 Å². The first-order chi connectivity index (χ1) is 13.2. The SMILES string of the molecule is CCc1nnc(N=Nc2ccc(N3CCCC3)cc2NS(=O)(=O)C(F)(F)F)s1. The van der Waals surface area contributed by atoms with Crippen LogP contribution in [0, 0.1) is 0 Å². The van der Waals surface area contributed by atoms with Gasteiger partial charge in [0.1, 0.15) is 10.7 Å². The van der Waals surface area contributed by atoms with E-state index in [-0.39, 0.29) is 16.5 Å². The van der Waals surface area contributed by atoms with Gasteiger partial charge in [-0.3, -0.25) is 4.72 Å². The molecule has 0 amide bonds. The molecule has 1 aromatic carbocycles. The summed E-state index contributed by atoms with van der Waals surface area (Å²) in [6.45, 7) is 3.39. The normalized spacial score (nSPS) is 15.5. The minimum atomic E-state index is -5.59. The minimum absolute atomic E-state index is 0.0518. The molecule has 1 N–H and O–H groups in total. The predicted molar refractivity (Wildman–Crippen MR) is 99.9 cm³/mol. The van der Waals surface area contributed by atoms with E-state index in [4.69, 9.17) is 0 Å². The van der Waals surface area contributed by atoms with Crippen LogP contribution in [0.5, 0.6) is 0 Å². The summed E-state index contributed by atoms with van der Waals surface area (Å²) in [5.41, 5.74) is -5.18. The summed E-state index contributed by atoms with van der Waals surface area (Å²) < 4.78 is 63.2. The van der Waals surface area contributed by atoms with Crippen LogP contribution in [0.3, 0.4) is 0 Å². The molecule has 0 atom stereocenters. The van der Waals surface area contributed by atoms with Gasteiger partial charge in [-0.2, -0.15) is 21.6 Å². The number of alkyl halides is 3. The topological polar surface area (TPSA) is 99.9 Å². The van der Waals surface area contributed by atoms with E-state index in [2.05, 4.69) is 20.4 Å². The summed E-state index contributed by atoms with van der Waals surface area (Å²) in [7, 11) is -5.59. The molecule has 152 valence electrons. The molecule has 3 rings (SSSR count). The largest absolute Gasteiger partial charge is 0.516 e. The lowest BCUT2D eigenvalue weighted by Gasteiger charge is -2.19. The van der Waals surface area contributed by atoms with E-state index in [9.17, 15) is 21.6 Å². The molecule has 2 aromatic rings. The monoisotopic (exact) mass is 434 g/mol. The maximum Gasteiger partial charge on any atom is 0.516 e. The number of rotatable bonds is 6. The number of anilines is 2. The lowest BCUT2D eigenvalue weighted by molar-refractivity contribution is -0.0429. The Labute approximate surface area is 163 Å². The van der Waals surface area contributed by atoms with Crippen LogP contribution in [0.25, 0.3) is 0 Å². The predicted octanol–water partition coefficient (Wildman–Crippen LogP) is 4.38. The second kappa shape index (κ2) is 7.99. The first-order valence-corrected chi connectivity index (χ1v) is 10.7. The van der Waals surface area contributed by atoms with Gasteiger partial charge in [0.15, 0.2) is 0 Å². The van der Waals surface area contributed by atoms with Crippen LogP contribution in [0.15, 0.2) is 28.4 Å². The summed E-state index contributed by atoms with van der Waals surface area (Å²) in [5, 5.41) is 16.4. The lowest BCUT2D eigenvalue weighted by atomic mass is 10.2. The molecular formula is C15H17F3N6O2S2. The molecule has 0 saturated carbocycles. The number of hydrogen-bond acceptors (Lipinski definition) is 8. The fourth-order valence-corrected chi connectivity index (χ4v) is 3.76. The van der Waals surface area contributed by atoms with Gasteiger partial charge >= 0.3 is 15.5 Å². The Kier molecular flexibility index (Phi) is 5.84. The van der Waals surface area contributed by atoms with E-state index in [1.54, 1.807) is 10.8 Å². The second-order valence-electron chi connectivity index (χ2n) is 5.98. The number of azo groups is 1. The van der Waals surface area contributed by atoms with Gasteiger partial charge in [0.25, 0.3) is 5.13 Å². The molecule has 1 fully saturated rings. The smallest absolute Gasteiger partial charge is 0.371 e. The Morgan fingerprint density at radius 1 is 1.21 bits per heavy atom. The highest BCUT2D eigenvalue weighted by atomic mass is 32.2. The van der Waals surface area contributed by atoms with Crippen molar-refractivity contribution in [1.82, 2.24) is 10.2 Å². The van der Waals surface area contributed by atoms with E-state index in [0.717, 1.165) is 30.9 Å². The number of nitrogens with one attached hydrogen (secondary N) is 1. The Balaban J connectivity index is 1.95. The van der Waals surface area contributed by atoms with Gasteiger partial charge in [-0.15, -0.1) is 20.4 Å². The maximum atomic E-state index is 12.8. The molecule has 0 radical (unpaired) electrons. The van der Waals surface area contributed by atoms with Crippen LogP contribution in [0.1, 0.15) is 24.8 Å². The first-order valence-electron chi connectivity index (χ1n) is 8.42. The molecule has 0 aliphatic carbocycles. The van der Waals surface area contributed by atoms with Crippen LogP contribution in [0.4, 0.5) is 35.4 Å². The van der Waals surface area contributed by atoms with E-state index in [0.29, 0.717) is 12.1 Å². The Morgan fingerprint density at radius 3 is 2.54 bits per heavy atom. The molecule has 0 bridgehead atoms. The number of benzene rings is 1. The summed E-state index contributed by atoms with van der Waals surface area (Å²) in [6, 6.07) is 4.43. The molecule has 1 aromatic heterocycles. The molecule has 0 spiro atoms. The molecule has 1 saturated heterocycles. The Morgan fingerprint density at radius 2 is 1.93 bits per heavy atom. The van der Waals surface area contributed by atoms with Gasteiger partial charge < -0.3 is 4.90 Å². The van der Waals surface area contributed by atoms with Crippen molar-refractivity contribution in [2.75, 3.05) is 22.7 Å². The van der Waals surface area contributed by atoms with Crippen molar-refractivity contribution in [2.24, 2.45) is 10.2 Å². The van der Waals surface area contributed by atoms with Crippen LogP contribution in [-0.2, 0) is 16.4 Å². The maximum absolute atomic E-state index is 12.8. The third-order valence-electron chi connectivity index (χ3n) is 4.00. The van der Waals surface area contributed by atoms with Gasteiger partial charge in [-0.25, -0.2) is 0 Å². The number of halogens is 3. The lowest BCUT2D eigenvalue weighted by Crippen LogP contribution is -2.30. The molecule has 1 aliphatic rings. The molecular weight excluding hydrogens is 417 g/mol. The third kappa shape index (κ3) is 4.58. The van der Waals surface area contributed by atoms with E-state index < -0.39 is 15.5 Å². The average Bonchev–Trinajstić information content (AvgIpc) is 3.31. The van der Waals surface area contributed by atoms with Crippen LogP contribution < -0.4 is 9.62 Å². The average molecular weight is 434 g/mol. The third-order valence-corrected chi connectivity index (χ3v) is 6.05. The zero-order chi connectivity index (χ0) is 20.4. The van der Waals surface area contributed by atoms with Crippen LogP contribution >= 0.6 is 11.3 Å². The standard InChI is InChI=1S/C15H17F3N6O2S2/c1-2-13-20-22-14(27-13)21-19-11-6-5-10(24-7-3-4-8-24)9-12(11)23-28(25,26)15(16,17)18/h5-6,9,23H,2-4,7-8H2,1H3. The van der Waals surface area contributed by atoms with Crippen LogP contribution in [0.2, 0.25) is 0 Å². The summed E-state index contributed by atoms with van der Waals surface area (Å²) >= 11 is 1.19. The molecule has 2 heterocycles. The minimum Gasteiger partial charge on any atom is -0.371 e. The molecule has 8 nitrogen and oxygen atoms in total. The summed E-state index contributed by atoms with van der Waals surface area (Å²) in [6.07, 6.45) is 2.58. The van der Waals surface area contributed by atoms with E-state index >= 15 is 0 Å². The Bertz CT molecular complexity index is 968. The summed E-state index contributed by atoms with van der Waals surface area (Å²) in [5.74, 6) is 0. The number of aromatic nitrogens is 2. The first kappa shape index (κ1) is 20.5. The fourth-order valence-electron chi connectivity index (χ4n) is 2.59. The van der Waals surface area contributed by atoms with E-state index in [1.165, 1.54) is 23.5 Å². The summed E-state index contributed by atoms with van der Waals surface area (Å²) in [4.78, 5) is 1.96. The van der Waals surface area contributed by atoms with Gasteiger partial charge in [-0.1, -0.05) is 18.3 Å². The highest BCUT2D eigenvalue weighted by molar-refractivity contribution is 7.93. The van der Waals surface area contributed by atoms with Crippen molar-refractivity contribution >= 4 is 43.6 Å². The van der Waals surface area contributed by atoms with Crippen molar-refractivity contribution in [3.05, 3.63) is 23.2 Å². The fraction of sp³-hybridized carbons (Fsp3) is 0.467. The Hall–Kier alpha value is -2.28. The zero-order valence-corrected chi connectivity index (χ0v) is 16.4. The number of sulfonamides is 1. The number of aryl methyl sites for hydroxylation is 1. The van der Waals surface area contributed by atoms with Crippen molar-refractivity contribution in [3.63, 3.8) is 0 Å². The zero-order valence-electron chi connectivity index (χ0n) is 14.8. The van der Waals surface area contributed by atoms with Crippen molar-refractivity contribution in [2.45, 2.75) is 31.7 Å². The van der Waals surface area contributed by atoms with E-state index in [1.807, 2.05) is 11.8 Å². The van der Waals surface area contributed by atoms with Crippen LogP contribution in [-0.4, -0.2) is 37.2 Å². The molecule has 0 unspecified atom stereocenters. The van der Waals surface area contributed by atoms with Gasteiger partial charge in [0.05, 0.1) is 5.69 Å². The van der Waals surface area contributed by atoms with Gasteiger partial charge in [0.2, 0.25) is 0 Å². The van der Waals surface area contributed by atoms with Gasteiger partial charge in [-0.05, 0) is 37.5 Å². The highest BCUT2D eigenvalue weighted by Gasteiger charge is 2.46. The number of nitrogens with zero attached hydrogens (tertiary/aromatic N) is 5. The van der Waals surface area contributed by atoms with Gasteiger partial charge in [0, 0.05) is 18.8 Å². The molecule has 13 heteroatoms.